The van der Waals surface area contributed by atoms with Gasteiger partial charge in [0.2, 0.25) is 0 Å². The summed E-state index contributed by atoms with van der Waals surface area (Å²) in [7, 11) is 0. The summed E-state index contributed by atoms with van der Waals surface area (Å²) in [5.41, 5.74) is 0.827. The van der Waals surface area contributed by atoms with E-state index in [4.69, 9.17) is 5.11 Å². The van der Waals surface area contributed by atoms with Crippen molar-refractivity contribution in [2.75, 3.05) is 0 Å². The van der Waals surface area contributed by atoms with Gasteiger partial charge in [-0.05, 0) is 46.7 Å². The molecule has 0 radical (unpaired) electrons. The number of benzene rings is 1. The Balaban J connectivity index is 2.16. The minimum absolute atomic E-state index is 0.232. The van der Waals surface area contributed by atoms with E-state index in [0.717, 1.165) is 3.57 Å². The molecule has 1 aromatic carbocycles. The Morgan fingerprint density at radius 2 is 2.11 bits per heavy atom. The van der Waals surface area contributed by atoms with Gasteiger partial charge in [0.1, 0.15) is 11.5 Å². The second kappa shape index (κ2) is 5.51. The lowest BCUT2D eigenvalue weighted by Gasteiger charge is -2.06. The Morgan fingerprint density at radius 3 is 2.78 bits per heavy atom. The van der Waals surface area contributed by atoms with Crippen molar-refractivity contribution in [1.29, 1.82) is 0 Å². The summed E-state index contributed by atoms with van der Waals surface area (Å²) in [5.74, 6) is -1.22. The number of nitrogens with zero attached hydrogens (tertiary/aromatic N) is 1. The average molecular weight is 359 g/mol. The number of aromatic carboxylic acids is 1. The lowest BCUT2D eigenvalue weighted by atomic mass is 10.1. The molecule has 5 heteroatoms. The summed E-state index contributed by atoms with van der Waals surface area (Å²) in [6.45, 7) is 0.450. The third-order valence-electron chi connectivity index (χ3n) is 2.66. The summed E-state index contributed by atoms with van der Waals surface area (Å²) in [5, 5.41) is 9.03. The van der Waals surface area contributed by atoms with Crippen molar-refractivity contribution in [1.82, 2.24) is 4.57 Å². The summed E-state index contributed by atoms with van der Waals surface area (Å²) in [6, 6.07) is 8.14. The first-order valence-electron chi connectivity index (χ1n) is 5.40. The van der Waals surface area contributed by atoms with E-state index >= 15 is 0 Å². The van der Waals surface area contributed by atoms with Crippen LogP contribution in [-0.2, 0) is 13.0 Å². The maximum Gasteiger partial charge on any atom is 0.352 e. The van der Waals surface area contributed by atoms with E-state index in [1.807, 2.05) is 0 Å². The SMILES string of the molecule is O=C(O)c1cc(I)cn1CCc1ccccc1F. The summed E-state index contributed by atoms with van der Waals surface area (Å²) >= 11 is 2.06. The fourth-order valence-corrected chi connectivity index (χ4v) is 2.41. The maximum atomic E-state index is 13.4. The van der Waals surface area contributed by atoms with Crippen molar-refractivity contribution < 1.29 is 14.3 Å². The molecule has 0 aliphatic rings. The van der Waals surface area contributed by atoms with E-state index in [2.05, 4.69) is 22.6 Å². The van der Waals surface area contributed by atoms with Gasteiger partial charge in [-0.2, -0.15) is 0 Å². The third kappa shape index (κ3) is 2.90. The lowest BCUT2D eigenvalue weighted by molar-refractivity contribution is 0.0685. The van der Waals surface area contributed by atoms with Crippen molar-refractivity contribution in [2.24, 2.45) is 0 Å². The van der Waals surface area contributed by atoms with Gasteiger partial charge in [0.05, 0.1) is 0 Å². The quantitative estimate of drug-likeness (QED) is 0.853. The number of carboxylic acids is 1. The predicted octanol–water partition coefficient (Wildman–Crippen LogP) is 3.17. The molecule has 0 fully saturated rings. The minimum atomic E-state index is -0.966. The molecule has 0 saturated heterocycles. The Morgan fingerprint density at radius 1 is 1.39 bits per heavy atom. The first-order valence-corrected chi connectivity index (χ1v) is 6.48. The van der Waals surface area contributed by atoms with Crippen LogP contribution in [0.15, 0.2) is 36.5 Å². The second-order valence-corrected chi connectivity index (χ2v) is 5.13. The van der Waals surface area contributed by atoms with Crippen molar-refractivity contribution in [3.63, 3.8) is 0 Å². The van der Waals surface area contributed by atoms with Crippen LogP contribution in [0.1, 0.15) is 16.1 Å². The first kappa shape index (κ1) is 13.1. The highest BCUT2D eigenvalue weighted by Crippen LogP contribution is 2.14. The molecule has 0 unspecified atom stereocenters. The molecule has 0 saturated carbocycles. The zero-order valence-electron chi connectivity index (χ0n) is 9.44. The summed E-state index contributed by atoms with van der Waals surface area (Å²) in [4.78, 5) is 11.0. The molecule has 3 nitrogen and oxygen atoms in total. The van der Waals surface area contributed by atoms with Crippen LogP contribution in [0, 0.1) is 9.39 Å². The molecule has 18 heavy (non-hydrogen) atoms. The molecule has 2 aromatic rings. The average Bonchev–Trinajstić information content (AvgIpc) is 2.70. The second-order valence-electron chi connectivity index (χ2n) is 3.88. The molecule has 1 aromatic heterocycles. The highest BCUT2D eigenvalue weighted by Gasteiger charge is 2.11. The maximum absolute atomic E-state index is 13.4. The highest BCUT2D eigenvalue weighted by molar-refractivity contribution is 14.1. The van der Waals surface area contributed by atoms with Gasteiger partial charge in [-0.3, -0.25) is 0 Å². The predicted molar refractivity (Wildman–Crippen MR) is 74.2 cm³/mol. The topological polar surface area (TPSA) is 42.2 Å². The summed E-state index contributed by atoms with van der Waals surface area (Å²) < 4.78 is 15.9. The Bertz CT molecular complexity index is 580. The summed E-state index contributed by atoms with van der Waals surface area (Å²) in [6.07, 6.45) is 2.22. The van der Waals surface area contributed by atoms with Crippen LogP contribution in [0.2, 0.25) is 0 Å². The Labute approximate surface area is 117 Å². The van der Waals surface area contributed by atoms with Crippen LogP contribution < -0.4 is 0 Å². The molecule has 0 spiro atoms. The first-order chi connectivity index (χ1) is 8.58. The number of rotatable bonds is 4. The van der Waals surface area contributed by atoms with E-state index in [1.165, 1.54) is 6.07 Å². The normalized spacial score (nSPS) is 10.6. The van der Waals surface area contributed by atoms with Gasteiger partial charge in [0.25, 0.3) is 0 Å². The smallest absolute Gasteiger partial charge is 0.352 e. The number of hydrogen-bond donors (Lipinski definition) is 1. The van der Waals surface area contributed by atoms with Crippen LogP contribution in [0.3, 0.4) is 0 Å². The molecule has 0 bridgehead atoms. The number of aryl methyl sites for hydroxylation is 2. The number of hydrogen-bond acceptors (Lipinski definition) is 1. The van der Waals surface area contributed by atoms with E-state index in [9.17, 15) is 9.18 Å². The highest BCUT2D eigenvalue weighted by atomic mass is 127. The number of carbonyl (C=O) groups is 1. The van der Waals surface area contributed by atoms with Gasteiger partial charge in [0, 0.05) is 16.3 Å². The monoisotopic (exact) mass is 359 g/mol. The van der Waals surface area contributed by atoms with Gasteiger partial charge >= 0.3 is 5.97 Å². The molecule has 0 atom stereocenters. The fraction of sp³-hybridized carbons (Fsp3) is 0.154. The third-order valence-corrected chi connectivity index (χ3v) is 3.25. The van der Waals surface area contributed by atoms with Gasteiger partial charge in [-0.25, -0.2) is 9.18 Å². The van der Waals surface area contributed by atoms with Gasteiger partial charge < -0.3 is 9.67 Å². The van der Waals surface area contributed by atoms with Crippen LogP contribution in [0.25, 0.3) is 0 Å². The minimum Gasteiger partial charge on any atom is -0.477 e. The van der Waals surface area contributed by atoms with Crippen molar-refractivity contribution in [3.8, 4) is 0 Å². The number of halogens is 2. The Hall–Kier alpha value is -1.37. The van der Waals surface area contributed by atoms with Crippen molar-refractivity contribution >= 4 is 28.6 Å². The van der Waals surface area contributed by atoms with Gasteiger partial charge in [-0.1, -0.05) is 18.2 Å². The Kier molecular flexibility index (Phi) is 4.00. The van der Waals surface area contributed by atoms with E-state index in [0.29, 0.717) is 18.5 Å². The number of aromatic nitrogens is 1. The number of carboxylic acid groups (broad SMARTS) is 1. The molecule has 0 aliphatic heterocycles. The molecular weight excluding hydrogens is 348 g/mol. The van der Waals surface area contributed by atoms with Gasteiger partial charge in [-0.15, -0.1) is 0 Å². The molecule has 94 valence electrons. The van der Waals surface area contributed by atoms with Crippen molar-refractivity contribution in [3.05, 3.63) is 57.2 Å². The molecular formula is C13H11FINO2. The van der Waals surface area contributed by atoms with Crippen LogP contribution in [0.4, 0.5) is 4.39 Å². The zero-order valence-corrected chi connectivity index (χ0v) is 11.6. The van der Waals surface area contributed by atoms with E-state index < -0.39 is 5.97 Å². The van der Waals surface area contributed by atoms with Crippen molar-refractivity contribution in [2.45, 2.75) is 13.0 Å². The standard InChI is InChI=1S/C13H11FINO2/c14-11-4-2-1-3-9(11)5-6-16-8-10(15)7-12(16)13(17)18/h1-4,7-8H,5-6H2,(H,17,18). The lowest BCUT2D eigenvalue weighted by Crippen LogP contribution is -2.09. The fourth-order valence-electron chi connectivity index (χ4n) is 1.78. The van der Waals surface area contributed by atoms with Crippen LogP contribution >= 0.6 is 22.6 Å². The molecule has 2 rings (SSSR count). The van der Waals surface area contributed by atoms with Crippen LogP contribution in [0.5, 0.6) is 0 Å². The molecule has 0 amide bonds. The largest absolute Gasteiger partial charge is 0.477 e. The molecule has 0 aliphatic carbocycles. The zero-order chi connectivity index (χ0) is 13.1. The van der Waals surface area contributed by atoms with Gasteiger partial charge in [0.15, 0.2) is 0 Å². The van der Waals surface area contributed by atoms with E-state index in [1.54, 1.807) is 35.0 Å². The molecule has 1 heterocycles. The van der Waals surface area contributed by atoms with Crippen LogP contribution in [-0.4, -0.2) is 15.6 Å². The molecule has 1 N–H and O–H groups in total. The van der Waals surface area contributed by atoms with E-state index in [-0.39, 0.29) is 11.5 Å².